The predicted molar refractivity (Wildman–Crippen MR) is 105 cm³/mol. The zero-order valence-electron chi connectivity index (χ0n) is 14.2. The maximum absolute atomic E-state index is 5.25. The highest BCUT2D eigenvalue weighted by Gasteiger charge is 2.24. The van der Waals surface area contributed by atoms with Crippen molar-refractivity contribution < 1.29 is 9.47 Å². The van der Waals surface area contributed by atoms with Gasteiger partial charge in [-0.1, -0.05) is 12.1 Å². The lowest BCUT2D eigenvalue weighted by Crippen LogP contribution is -2.41. The molecule has 130 valence electrons. The van der Waals surface area contributed by atoms with Crippen LogP contribution in [0.5, 0.6) is 5.75 Å². The van der Waals surface area contributed by atoms with Crippen LogP contribution >= 0.6 is 24.0 Å². The Bertz CT molecular complexity index is 479. The fourth-order valence-corrected chi connectivity index (χ4v) is 2.84. The largest absolute Gasteiger partial charge is 0.497 e. The number of methoxy groups -OCH3 is 2. The number of nitrogens with zero attached hydrogens (tertiary/aromatic N) is 2. The van der Waals surface area contributed by atoms with Crippen LogP contribution in [0.2, 0.25) is 0 Å². The summed E-state index contributed by atoms with van der Waals surface area (Å²) in [7, 11) is 5.30. The Hall–Kier alpha value is -1.02. The fourth-order valence-electron chi connectivity index (χ4n) is 2.84. The summed E-state index contributed by atoms with van der Waals surface area (Å²) in [6.07, 6.45) is 2.14. The molecule has 0 bridgehead atoms. The van der Waals surface area contributed by atoms with Crippen molar-refractivity contribution in [3.8, 4) is 5.75 Å². The van der Waals surface area contributed by atoms with E-state index in [1.165, 1.54) is 12.0 Å². The number of hydrogen-bond acceptors (Lipinski definition) is 3. The van der Waals surface area contributed by atoms with Gasteiger partial charge in [0.25, 0.3) is 0 Å². The molecule has 5 nitrogen and oxygen atoms in total. The van der Waals surface area contributed by atoms with E-state index in [0.717, 1.165) is 44.4 Å². The summed E-state index contributed by atoms with van der Waals surface area (Å²) in [6, 6.07) is 8.21. The van der Waals surface area contributed by atoms with Gasteiger partial charge < -0.3 is 19.7 Å². The fraction of sp³-hybridized carbons (Fsp3) is 0.588. The Balaban J connectivity index is 0.00000264. The number of guanidine groups is 1. The molecule has 6 heteroatoms. The van der Waals surface area contributed by atoms with E-state index < -0.39 is 0 Å². The van der Waals surface area contributed by atoms with E-state index in [2.05, 4.69) is 27.3 Å². The third-order valence-electron chi connectivity index (χ3n) is 4.06. The SMILES string of the molecule is CN=C(NCCc1ccc(OC)cc1)N1CCC(COC)C1.I. The van der Waals surface area contributed by atoms with Crippen molar-refractivity contribution in [3.05, 3.63) is 29.8 Å². The maximum Gasteiger partial charge on any atom is 0.193 e. The predicted octanol–water partition coefficient (Wildman–Crippen LogP) is 2.40. The molecular weight excluding hydrogens is 405 g/mol. The Morgan fingerprint density at radius 3 is 2.65 bits per heavy atom. The molecule has 0 spiro atoms. The Morgan fingerprint density at radius 2 is 2.04 bits per heavy atom. The number of benzene rings is 1. The second-order valence-corrected chi connectivity index (χ2v) is 5.63. The average molecular weight is 433 g/mol. The smallest absolute Gasteiger partial charge is 0.193 e. The standard InChI is InChI=1S/C17H27N3O2.HI/c1-18-17(20-11-9-15(12-20)13-21-2)19-10-8-14-4-6-16(22-3)7-5-14;/h4-7,15H,8-13H2,1-3H3,(H,18,19);1H. The van der Waals surface area contributed by atoms with Crippen molar-refractivity contribution in [1.29, 1.82) is 0 Å². The van der Waals surface area contributed by atoms with Crippen molar-refractivity contribution in [1.82, 2.24) is 10.2 Å². The van der Waals surface area contributed by atoms with Crippen LogP contribution in [-0.4, -0.2) is 58.4 Å². The van der Waals surface area contributed by atoms with Crippen LogP contribution < -0.4 is 10.1 Å². The molecule has 2 rings (SSSR count). The van der Waals surface area contributed by atoms with Crippen LogP contribution in [0.25, 0.3) is 0 Å². The van der Waals surface area contributed by atoms with Crippen LogP contribution in [0, 0.1) is 5.92 Å². The van der Waals surface area contributed by atoms with Crippen molar-refractivity contribution in [2.45, 2.75) is 12.8 Å². The molecule has 0 saturated carbocycles. The van der Waals surface area contributed by atoms with Crippen molar-refractivity contribution in [2.24, 2.45) is 10.9 Å². The van der Waals surface area contributed by atoms with Gasteiger partial charge in [0.2, 0.25) is 0 Å². The van der Waals surface area contributed by atoms with E-state index in [4.69, 9.17) is 9.47 Å². The minimum atomic E-state index is 0. The van der Waals surface area contributed by atoms with E-state index in [0.29, 0.717) is 5.92 Å². The number of hydrogen-bond donors (Lipinski definition) is 1. The van der Waals surface area contributed by atoms with Crippen LogP contribution in [0.3, 0.4) is 0 Å². The van der Waals surface area contributed by atoms with E-state index >= 15 is 0 Å². The zero-order valence-corrected chi connectivity index (χ0v) is 16.6. The summed E-state index contributed by atoms with van der Waals surface area (Å²) in [5.74, 6) is 2.51. The number of rotatable bonds is 6. The number of ether oxygens (including phenoxy) is 2. The summed E-state index contributed by atoms with van der Waals surface area (Å²) >= 11 is 0. The first-order chi connectivity index (χ1) is 10.8. The molecule has 1 aliphatic heterocycles. The maximum atomic E-state index is 5.25. The number of halogens is 1. The lowest BCUT2D eigenvalue weighted by Gasteiger charge is -2.21. The average Bonchev–Trinajstić information content (AvgIpc) is 3.01. The van der Waals surface area contributed by atoms with Crippen LogP contribution in [0.4, 0.5) is 0 Å². The van der Waals surface area contributed by atoms with Gasteiger partial charge >= 0.3 is 0 Å². The quantitative estimate of drug-likeness (QED) is 0.425. The van der Waals surface area contributed by atoms with Crippen molar-refractivity contribution in [2.75, 3.05) is 47.5 Å². The molecule has 1 heterocycles. The Kier molecular flexibility index (Phi) is 9.31. The lowest BCUT2D eigenvalue weighted by atomic mass is 10.1. The molecule has 1 atom stereocenters. The van der Waals surface area contributed by atoms with E-state index in [-0.39, 0.29) is 24.0 Å². The van der Waals surface area contributed by atoms with Gasteiger partial charge in [0, 0.05) is 39.7 Å². The molecule has 1 aliphatic rings. The highest BCUT2D eigenvalue weighted by molar-refractivity contribution is 14.0. The summed E-state index contributed by atoms with van der Waals surface area (Å²) in [5.41, 5.74) is 1.29. The molecule has 0 aromatic heterocycles. The molecular formula is C17H28IN3O2. The minimum absolute atomic E-state index is 0. The van der Waals surface area contributed by atoms with Gasteiger partial charge in [0.1, 0.15) is 5.75 Å². The van der Waals surface area contributed by atoms with Crippen LogP contribution in [-0.2, 0) is 11.2 Å². The topological polar surface area (TPSA) is 46.1 Å². The Morgan fingerprint density at radius 1 is 1.30 bits per heavy atom. The first-order valence-electron chi connectivity index (χ1n) is 7.84. The van der Waals surface area contributed by atoms with E-state index in [1.54, 1.807) is 14.2 Å². The molecule has 0 radical (unpaired) electrons. The molecule has 0 aliphatic carbocycles. The number of aliphatic imine (C=N–C) groups is 1. The van der Waals surface area contributed by atoms with Crippen LogP contribution in [0.1, 0.15) is 12.0 Å². The van der Waals surface area contributed by atoms with Gasteiger partial charge in [0.15, 0.2) is 5.96 Å². The number of likely N-dealkylation sites (tertiary alicyclic amines) is 1. The van der Waals surface area contributed by atoms with Crippen molar-refractivity contribution in [3.63, 3.8) is 0 Å². The second-order valence-electron chi connectivity index (χ2n) is 5.63. The third-order valence-corrected chi connectivity index (χ3v) is 4.06. The highest BCUT2D eigenvalue weighted by Crippen LogP contribution is 2.16. The molecule has 23 heavy (non-hydrogen) atoms. The summed E-state index contributed by atoms with van der Waals surface area (Å²) in [6.45, 7) is 3.79. The third kappa shape index (κ3) is 6.18. The van der Waals surface area contributed by atoms with Gasteiger partial charge in [-0.15, -0.1) is 24.0 Å². The number of nitrogens with one attached hydrogen (secondary N) is 1. The Labute approximate surface area is 156 Å². The van der Waals surface area contributed by atoms with Crippen molar-refractivity contribution >= 4 is 29.9 Å². The molecule has 1 aromatic carbocycles. The zero-order chi connectivity index (χ0) is 15.8. The minimum Gasteiger partial charge on any atom is -0.497 e. The van der Waals surface area contributed by atoms with Crippen LogP contribution in [0.15, 0.2) is 29.3 Å². The highest BCUT2D eigenvalue weighted by atomic mass is 127. The van der Waals surface area contributed by atoms with Gasteiger partial charge in [-0.05, 0) is 30.5 Å². The molecule has 0 amide bonds. The first kappa shape index (κ1) is 20.0. The molecule has 1 aromatic rings. The summed E-state index contributed by atoms with van der Waals surface area (Å²) in [5, 5.41) is 3.45. The summed E-state index contributed by atoms with van der Waals surface area (Å²) in [4.78, 5) is 6.71. The molecule has 1 saturated heterocycles. The monoisotopic (exact) mass is 433 g/mol. The molecule has 1 N–H and O–H groups in total. The van der Waals surface area contributed by atoms with E-state index in [1.807, 2.05) is 19.2 Å². The van der Waals surface area contributed by atoms with Gasteiger partial charge in [0.05, 0.1) is 13.7 Å². The van der Waals surface area contributed by atoms with E-state index in [9.17, 15) is 0 Å². The normalized spacial score (nSPS) is 17.8. The molecule has 1 fully saturated rings. The van der Waals surface area contributed by atoms with Gasteiger partial charge in [-0.25, -0.2) is 0 Å². The second kappa shape index (κ2) is 10.7. The van der Waals surface area contributed by atoms with Gasteiger partial charge in [-0.3, -0.25) is 4.99 Å². The first-order valence-corrected chi connectivity index (χ1v) is 7.84. The summed E-state index contributed by atoms with van der Waals surface area (Å²) < 4.78 is 10.4. The lowest BCUT2D eigenvalue weighted by molar-refractivity contribution is 0.157. The molecule has 1 unspecified atom stereocenters. The van der Waals surface area contributed by atoms with Gasteiger partial charge in [-0.2, -0.15) is 0 Å².